The Bertz CT molecular complexity index is 768. The van der Waals surface area contributed by atoms with E-state index in [4.69, 9.17) is 0 Å². The van der Waals surface area contributed by atoms with E-state index in [2.05, 4.69) is 27.0 Å². The summed E-state index contributed by atoms with van der Waals surface area (Å²) in [4.78, 5) is 13.5. The Hall–Kier alpha value is -1.70. The van der Waals surface area contributed by atoms with Crippen molar-refractivity contribution >= 4 is 45.5 Å². The van der Waals surface area contributed by atoms with Crippen molar-refractivity contribution in [3.05, 3.63) is 57.8 Å². The Morgan fingerprint density at radius 2 is 2.09 bits per heavy atom. The van der Waals surface area contributed by atoms with Gasteiger partial charge in [-0.15, -0.1) is 21.5 Å². The number of nitrogens with one attached hydrogen (secondary N) is 1. The monoisotopic (exact) mass is 347 g/mol. The third-order valence-corrected chi connectivity index (χ3v) is 6.01. The lowest BCUT2D eigenvalue weighted by atomic mass is 10.1. The minimum absolute atomic E-state index is 0.149. The van der Waals surface area contributed by atoms with Gasteiger partial charge in [-0.3, -0.25) is 10.1 Å². The van der Waals surface area contributed by atoms with Crippen molar-refractivity contribution in [1.29, 1.82) is 0 Å². The number of aromatic nitrogens is 2. The number of thiophene rings is 1. The SMILES string of the molecule is Cc1ccccc1C(=O)Nc1nnc(SCc2cccs2)s1. The van der Waals surface area contributed by atoms with Gasteiger partial charge in [0.1, 0.15) is 0 Å². The minimum Gasteiger partial charge on any atom is -0.296 e. The van der Waals surface area contributed by atoms with E-state index < -0.39 is 0 Å². The van der Waals surface area contributed by atoms with Gasteiger partial charge in [-0.1, -0.05) is 47.4 Å². The lowest BCUT2D eigenvalue weighted by Gasteiger charge is -2.03. The molecular weight excluding hydrogens is 334 g/mol. The van der Waals surface area contributed by atoms with Crippen LogP contribution < -0.4 is 5.32 Å². The van der Waals surface area contributed by atoms with Gasteiger partial charge < -0.3 is 0 Å². The third-order valence-electron chi connectivity index (χ3n) is 2.93. The first-order chi connectivity index (χ1) is 10.7. The molecule has 0 atom stereocenters. The summed E-state index contributed by atoms with van der Waals surface area (Å²) in [5.41, 5.74) is 1.60. The molecule has 1 amide bonds. The van der Waals surface area contributed by atoms with Crippen LogP contribution in [-0.4, -0.2) is 16.1 Å². The van der Waals surface area contributed by atoms with Crippen LogP contribution in [0.1, 0.15) is 20.8 Å². The maximum atomic E-state index is 12.2. The molecule has 3 aromatic rings. The van der Waals surface area contributed by atoms with Gasteiger partial charge in [-0.25, -0.2) is 0 Å². The molecule has 0 spiro atoms. The molecule has 4 nitrogen and oxygen atoms in total. The minimum atomic E-state index is -0.149. The maximum Gasteiger partial charge on any atom is 0.257 e. The molecule has 3 rings (SSSR count). The normalized spacial score (nSPS) is 10.6. The van der Waals surface area contributed by atoms with Crippen LogP contribution >= 0.6 is 34.4 Å². The zero-order valence-electron chi connectivity index (χ0n) is 11.8. The predicted molar refractivity (Wildman–Crippen MR) is 92.9 cm³/mol. The van der Waals surface area contributed by atoms with E-state index in [0.717, 1.165) is 15.7 Å². The number of aryl methyl sites for hydroxylation is 1. The predicted octanol–water partition coefficient (Wildman–Crippen LogP) is 4.45. The van der Waals surface area contributed by atoms with E-state index in [-0.39, 0.29) is 5.91 Å². The molecule has 0 saturated heterocycles. The molecule has 2 heterocycles. The highest BCUT2D eigenvalue weighted by atomic mass is 32.2. The van der Waals surface area contributed by atoms with Gasteiger partial charge >= 0.3 is 0 Å². The molecule has 0 aliphatic carbocycles. The van der Waals surface area contributed by atoms with Gasteiger partial charge in [0.2, 0.25) is 5.13 Å². The second-order valence-corrected chi connectivity index (χ2v) is 7.74. The summed E-state index contributed by atoms with van der Waals surface area (Å²) in [5, 5.41) is 13.5. The van der Waals surface area contributed by atoms with Crippen molar-refractivity contribution in [2.24, 2.45) is 0 Å². The van der Waals surface area contributed by atoms with Gasteiger partial charge in [0.05, 0.1) is 0 Å². The van der Waals surface area contributed by atoms with Crippen molar-refractivity contribution in [2.45, 2.75) is 17.0 Å². The maximum absolute atomic E-state index is 12.2. The van der Waals surface area contributed by atoms with Gasteiger partial charge in [-0.05, 0) is 30.0 Å². The Morgan fingerprint density at radius 3 is 2.86 bits per heavy atom. The first-order valence-electron chi connectivity index (χ1n) is 6.58. The van der Waals surface area contributed by atoms with Gasteiger partial charge in [-0.2, -0.15) is 0 Å². The molecule has 0 aliphatic heterocycles. The standard InChI is InChI=1S/C15H13N3OS3/c1-10-5-2-3-7-12(10)13(19)16-14-17-18-15(22-14)21-9-11-6-4-8-20-11/h2-8H,9H2,1H3,(H,16,17,19). The highest BCUT2D eigenvalue weighted by Gasteiger charge is 2.12. The number of nitrogens with zero attached hydrogens (tertiary/aromatic N) is 2. The van der Waals surface area contributed by atoms with E-state index in [9.17, 15) is 4.79 Å². The number of carbonyl (C=O) groups is 1. The number of hydrogen-bond donors (Lipinski definition) is 1. The molecule has 112 valence electrons. The Labute approximate surface area is 140 Å². The number of rotatable bonds is 5. The second-order valence-electron chi connectivity index (χ2n) is 4.51. The molecule has 2 aromatic heterocycles. The van der Waals surface area contributed by atoms with Crippen LogP contribution in [0.15, 0.2) is 46.1 Å². The van der Waals surface area contributed by atoms with Crippen LogP contribution in [-0.2, 0) is 5.75 Å². The highest BCUT2D eigenvalue weighted by Crippen LogP contribution is 2.29. The fourth-order valence-electron chi connectivity index (χ4n) is 1.84. The van der Waals surface area contributed by atoms with E-state index in [0.29, 0.717) is 10.7 Å². The molecule has 0 unspecified atom stereocenters. The molecule has 0 radical (unpaired) electrons. The summed E-state index contributed by atoms with van der Waals surface area (Å²) < 4.78 is 0.855. The molecule has 0 aliphatic rings. The second kappa shape index (κ2) is 7.04. The van der Waals surface area contributed by atoms with Crippen molar-refractivity contribution in [3.63, 3.8) is 0 Å². The van der Waals surface area contributed by atoms with Gasteiger partial charge in [0, 0.05) is 16.2 Å². The summed E-state index contributed by atoms with van der Waals surface area (Å²) in [6.07, 6.45) is 0. The summed E-state index contributed by atoms with van der Waals surface area (Å²) in [6, 6.07) is 11.6. The molecule has 1 N–H and O–H groups in total. The van der Waals surface area contributed by atoms with Crippen molar-refractivity contribution in [1.82, 2.24) is 10.2 Å². The number of anilines is 1. The average molecular weight is 347 g/mol. The van der Waals surface area contributed by atoms with Crippen LogP contribution in [0.5, 0.6) is 0 Å². The smallest absolute Gasteiger partial charge is 0.257 e. The number of benzene rings is 1. The molecule has 22 heavy (non-hydrogen) atoms. The number of carbonyl (C=O) groups excluding carboxylic acids is 1. The quantitative estimate of drug-likeness (QED) is 0.547. The number of thioether (sulfide) groups is 1. The highest BCUT2D eigenvalue weighted by molar-refractivity contribution is 8.00. The molecule has 0 bridgehead atoms. The number of amides is 1. The van der Waals surface area contributed by atoms with E-state index in [1.807, 2.05) is 31.2 Å². The first kappa shape index (κ1) is 15.2. The van der Waals surface area contributed by atoms with Crippen LogP contribution in [0.2, 0.25) is 0 Å². The van der Waals surface area contributed by atoms with Crippen LogP contribution in [0.25, 0.3) is 0 Å². The molecule has 0 fully saturated rings. The summed E-state index contributed by atoms with van der Waals surface area (Å²) in [6.45, 7) is 1.91. The zero-order chi connectivity index (χ0) is 15.4. The van der Waals surface area contributed by atoms with Crippen molar-refractivity contribution in [2.75, 3.05) is 5.32 Å². The lowest BCUT2D eigenvalue weighted by molar-refractivity contribution is 0.102. The molecule has 0 saturated carbocycles. The largest absolute Gasteiger partial charge is 0.296 e. The van der Waals surface area contributed by atoms with E-state index >= 15 is 0 Å². The first-order valence-corrected chi connectivity index (χ1v) is 9.26. The van der Waals surface area contributed by atoms with E-state index in [1.165, 1.54) is 16.2 Å². The van der Waals surface area contributed by atoms with Crippen molar-refractivity contribution in [3.8, 4) is 0 Å². The van der Waals surface area contributed by atoms with Crippen LogP contribution in [0, 0.1) is 6.92 Å². The average Bonchev–Trinajstić information content (AvgIpc) is 3.17. The fourth-order valence-corrected chi connectivity index (χ4v) is 4.36. The van der Waals surface area contributed by atoms with E-state index in [1.54, 1.807) is 29.2 Å². The van der Waals surface area contributed by atoms with Gasteiger partial charge in [0.15, 0.2) is 4.34 Å². The summed E-state index contributed by atoms with van der Waals surface area (Å²) in [7, 11) is 0. The van der Waals surface area contributed by atoms with Gasteiger partial charge in [0.25, 0.3) is 5.91 Å². The summed E-state index contributed by atoms with van der Waals surface area (Å²) in [5.74, 6) is 0.724. The lowest BCUT2D eigenvalue weighted by Crippen LogP contribution is -2.12. The molecule has 7 heteroatoms. The van der Waals surface area contributed by atoms with Crippen molar-refractivity contribution < 1.29 is 4.79 Å². The summed E-state index contributed by atoms with van der Waals surface area (Å²) >= 11 is 4.75. The number of hydrogen-bond acceptors (Lipinski definition) is 6. The van der Waals surface area contributed by atoms with Crippen LogP contribution in [0.3, 0.4) is 0 Å². The molecule has 1 aromatic carbocycles. The van der Waals surface area contributed by atoms with Crippen LogP contribution in [0.4, 0.5) is 5.13 Å². The topological polar surface area (TPSA) is 54.9 Å². The fraction of sp³-hybridized carbons (Fsp3) is 0.133. The third kappa shape index (κ3) is 3.73. The molecular formula is C15H13N3OS3. The Kier molecular flexibility index (Phi) is 4.87. The Balaban J connectivity index is 1.62. The zero-order valence-corrected chi connectivity index (χ0v) is 14.2. The Morgan fingerprint density at radius 1 is 1.23 bits per heavy atom.